The molecule has 0 atom stereocenters. The molecule has 0 bridgehead atoms. The van der Waals surface area contributed by atoms with Gasteiger partial charge in [0.2, 0.25) is 0 Å². The second-order valence-electron chi connectivity index (χ2n) is 5.12. The van der Waals surface area contributed by atoms with Gasteiger partial charge in [0.15, 0.2) is 17.3 Å². The average molecular weight is 314 g/mol. The summed E-state index contributed by atoms with van der Waals surface area (Å²) in [6.45, 7) is 4.46. The van der Waals surface area contributed by atoms with Gasteiger partial charge in [0.1, 0.15) is 19.0 Å². The van der Waals surface area contributed by atoms with E-state index in [4.69, 9.17) is 14.2 Å². The lowest BCUT2D eigenvalue weighted by molar-refractivity contribution is 0.101. The summed E-state index contributed by atoms with van der Waals surface area (Å²) in [6.07, 6.45) is 0.980. The Morgan fingerprint density at radius 3 is 2.48 bits per heavy atom. The highest BCUT2D eigenvalue weighted by Crippen LogP contribution is 2.28. The van der Waals surface area contributed by atoms with Gasteiger partial charge >= 0.3 is 0 Å². The molecule has 0 aliphatic heterocycles. The largest absolute Gasteiger partial charge is 0.493 e. The van der Waals surface area contributed by atoms with E-state index in [0.29, 0.717) is 30.3 Å². The molecule has 0 saturated heterocycles. The van der Waals surface area contributed by atoms with Crippen LogP contribution in [0.1, 0.15) is 29.8 Å². The van der Waals surface area contributed by atoms with E-state index in [1.165, 1.54) is 12.5 Å². The van der Waals surface area contributed by atoms with Crippen LogP contribution in [0.25, 0.3) is 0 Å². The zero-order valence-corrected chi connectivity index (χ0v) is 13.8. The first-order valence-corrected chi connectivity index (χ1v) is 7.67. The van der Waals surface area contributed by atoms with E-state index in [1.54, 1.807) is 25.3 Å². The molecule has 0 radical (unpaired) electrons. The monoisotopic (exact) mass is 314 g/mol. The SMILES string of the molecule is CCc1cccc(OCCOc2ccc(C(C)=O)cc2OC)c1. The minimum absolute atomic E-state index is 0.00557. The van der Waals surface area contributed by atoms with Crippen molar-refractivity contribution in [3.63, 3.8) is 0 Å². The van der Waals surface area contributed by atoms with Crippen molar-refractivity contribution >= 4 is 5.78 Å². The number of hydrogen-bond donors (Lipinski definition) is 0. The van der Waals surface area contributed by atoms with E-state index in [0.717, 1.165) is 12.2 Å². The van der Waals surface area contributed by atoms with E-state index in [2.05, 4.69) is 13.0 Å². The number of carbonyl (C=O) groups excluding carboxylic acids is 1. The molecule has 2 rings (SSSR count). The van der Waals surface area contributed by atoms with E-state index < -0.39 is 0 Å². The third kappa shape index (κ3) is 4.74. The van der Waals surface area contributed by atoms with Crippen molar-refractivity contribution in [3.8, 4) is 17.2 Å². The Kier molecular flexibility index (Phi) is 6.03. The summed E-state index contributed by atoms with van der Waals surface area (Å²) < 4.78 is 16.6. The van der Waals surface area contributed by atoms with Crippen LogP contribution in [-0.4, -0.2) is 26.1 Å². The Bertz CT molecular complexity index is 664. The fourth-order valence-corrected chi connectivity index (χ4v) is 2.17. The molecule has 4 heteroatoms. The summed E-state index contributed by atoms with van der Waals surface area (Å²) in [6, 6.07) is 13.2. The number of Topliss-reactive ketones (excluding diaryl/α,β-unsaturated/α-hetero) is 1. The van der Waals surface area contributed by atoms with Crippen LogP contribution in [-0.2, 0) is 6.42 Å². The van der Waals surface area contributed by atoms with Gasteiger partial charge in [-0.1, -0.05) is 19.1 Å². The van der Waals surface area contributed by atoms with Gasteiger partial charge in [-0.3, -0.25) is 4.79 Å². The minimum Gasteiger partial charge on any atom is -0.493 e. The van der Waals surface area contributed by atoms with Crippen molar-refractivity contribution in [3.05, 3.63) is 53.6 Å². The molecular weight excluding hydrogens is 292 g/mol. The summed E-state index contributed by atoms with van der Waals surface area (Å²) >= 11 is 0. The van der Waals surface area contributed by atoms with Crippen molar-refractivity contribution in [2.24, 2.45) is 0 Å². The van der Waals surface area contributed by atoms with E-state index in [-0.39, 0.29) is 5.78 Å². The number of ketones is 1. The molecule has 0 N–H and O–H groups in total. The second kappa shape index (κ2) is 8.22. The molecule has 122 valence electrons. The fraction of sp³-hybridized carbons (Fsp3) is 0.316. The van der Waals surface area contributed by atoms with Crippen LogP contribution in [0.2, 0.25) is 0 Å². The highest BCUT2D eigenvalue weighted by atomic mass is 16.5. The third-order valence-electron chi connectivity index (χ3n) is 3.49. The molecule has 4 nitrogen and oxygen atoms in total. The predicted molar refractivity (Wildman–Crippen MR) is 89.8 cm³/mol. The Morgan fingerprint density at radius 2 is 1.78 bits per heavy atom. The number of aryl methyl sites for hydroxylation is 1. The van der Waals surface area contributed by atoms with Crippen LogP contribution >= 0.6 is 0 Å². The number of rotatable bonds is 8. The van der Waals surface area contributed by atoms with Gasteiger partial charge in [0, 0.05) is 5.56 Å². The Labute approximate surface area is 137 Å². The summed E-state index contributed by atoms with van der Waals surface area (Å²) in [5.74, 6) is 1.98. The number of methoxy groups -OCH3 is 1. The smallest absolute Gasteiger partial charge is 0.161 e. The van der Waals surface area contributed by atoms with Crippen molar-refractivity contribution in [1.29, 1.82) is 0 Å². The summed E-state index contributed by atoms with van der Waals surface area (Å²) in [7, 11) is 1.55. The quantitative estimate of drug-likeness (QED) is 0.547. The van der Waals surface area contributed by atoms with Crippen molar-refractivity contribution in [1.82, 2.24) is 0 Å². The zero-order valence-electron chi connectivity index (χ0n) is 13.8. The molecular formula is C19H22O4. The standard InChI is InChI=1S/C19H22O4/c1-4-15-6-5-7-17(12-15)22-10-11-23-18-9-8-16(14(2)20)13-19(18)21-3/h5-9,12-13H,4,10-11H2,1-3H3. The fourth-order valence-electron chi connectivity index (χ4n) is 2.17. The molecule has 0 aliphatic carbocycles. The Balaban J connectivity index is 1.89. The summed E-state index contributed by atoms with van der Waals surface area (Å²) in [5.41, 5.74) is 1.84. The normalized spacial score (nSPS) is 10.2. The highest BCUT2D eigenvalue weighted by Gasteiger charge is 2.08. The molecule has 0 aliphatic rings. The van der Waals surface area contributed by atoms with Crippen LogP contribution in [0, 0.1) is 0 Å². The first-order valence-electron chi connectivity index (χ1n) is 7.67. The molecule has 0 unspecified atom stereocenters. The van der Waals surface area contributed by atoms with Gasteiger partial charge in [0.05, 0.1) is 7.11 Å². The van der Waals surface area contributed by atoms with Gasteiger partial charge < -0.3 is 14.2 Å². The second-order valence-corrected chi connectivity index (χ2v) is 5.12. The number of ether oxygens (including phenoxy) is 3. The van der Waals surface area contributed by atoms with Gasteiger partial charge in [-0.05, 0) is 49.2 Å². The van der Waals surface area contributed by atoms with Gasteiger partial charge in [-0.15, -0.1) is 0 Å². The van der Waals surface area contributed by atoms with Crippen molar-refractivity contribution in [2.45, 2.75) is 20.3 Å². The molecule has 0 fully saturated rings. The molecule has 0 heterocycles. The molecule has 0 amide bonds. The number of hydrogen-bond acceptors (Lipinski definition) is 4. The van der Waals surface area contributed by atoms with Crippen molar-refractivity contribution in [2.75, 3.05) is 20.3 Å². The van der Waals surface area contributed by atoms with Crippen LogP contribution in [0.3, 0.4) is 0 Å². The van der Waals surface area contributed by atoms with Gasteiger partial charge in [0.25, 0.3) is 0 Å². The lowest BCUT2D eigenvalue weighted by Gasteiger charge is -2.12. The van der Waals surface area contributed by atoms with E-state index >= 15 is 0 Å². The molecule has 0 aromatic heterocycles. The van der Waals surface area contributed by atoms with Crippen LogP contribution < -0.4 is 14.2 Å². The summed E-state index contributed by atoms with van der Waals surface area (Å²) in [5, 5.41) is 0. The molecule has 23 heavy (non-hydrogen) atoms. The molecule has 2 aromatic rings. The predicted octanol–water partition coefficient (Wildman–Crippen LogP) is 3.92. The van der Waals surface area contributed by atoms with Crippen molar-refractivity contribution < 1.29 is 19.0 Å². The average Bonchev–Trinajstić information content (AvgIpc) is 2.58. The first kappa shape index (κ1) is 16.9. The minimum atomic E-state index is -0.00557. The highest BCUT2D eigenvalue weighted by molar-refractivity contribution is 5.94. The molecule has 2 aromatic carbocycles. The first-order chi connectivity index (χ1) is 11.1. The maximum atomic E-state index is 11.4. The van der Waals surface area contributed by atoms with Crippen LogP contribution in [0.15, 0.2) is 42.5 Å². The molecule has 0 spiro atoms. The zero-order chi connectivity index (χ0) is 16.7. The lowest BCUT2D eigenvalue weighted by Crippen LogP contribution is -2.10. The Morgan fingerprint density at radius 1 is 1.00 bits per heavy atom. The van der Waals surface area contributed by atoms with Crippen LogP contribution in [0.4, 0.5) is 0 Å². The maximum absolute atomic E-state index is 11.4. The van der Waals surface area contributed by atoms with E-state index in [1.807, 2.05) is 18.2 Å². The summed E-state index contributed by atoms with van der Waals surface area (Å²) in [4.78, 5) is 11.4. The molecule has 0 saturated carbocycles. The number of benzene rings is 2. The maximum Gasteiger partial charge on any atom is 0.161 e. The van der Waals surface area contributed by atoms with Crippen LogP contribution in [0.5, 0.6) is 17.2 Å². The van der Waals surface area contributed by atoms with E-state index in [9.17, 15) is 4.79 Å². The van der Waals surface area contributed by atoms with Gasteiger partial charge in [-0.2, -0.15) is 0 Å². The topological polar surface area (TPSA) is 44.8 Å². The number of carbonyl (C=O) groups is 1. The third-order valence-corrected chi connectivity index (χ3v) is 3.49. The van der Waals surface area contributed by atoms with Gasteiger partial charge in [-0.25, -0.2) is 0 Å². The lowest BCUT2D eigenvalue weighted by atomic mass is 10.1. The Hall–Kier alpha value is -2.49.